The van der Waals surface area contributed by atoms with E-state index in [2.05, 4.69) is 0 Å². The van der Waals surface area contributed by atoms with Crippen molar-refractivity contribution in [3.63, 3.8) is 0 Å². The summed E-state index contributed by atoms with van der Waals surface area (Å²) in [6.45, 7) is 0. The van der Waals surface area contributed by atoms with Crippen molar-refractivity contribution in [2.75, 3.05) is 5.73 Å². The van der Waals surface area contributed by atoms with Crippen LogP contribution in [0.15, 0.2) is 48.5 Å². The fourth-order valence-electron chi connectivity index (χ4n) is 1.69. The van der Waals surface area contributed by atoms with Gasteiger partial charge in [-0.2, -0.15) is 0 Å². The highest BCUT2D eigenvalue weighted by Crippen LogP contribution is 2.14. The van der Waals surface area contributed by atoms with Crippen LogP contribution in [-0.4, -0.2) is 4.21 Å². The standard InChI is InChI=1S/C14H14ClNOS/c15-13-6-4-11(5-7-13)9-18(17)10-12-2-1-3-14(16)8-12/h1-8H,9-10,16H2. The van der Waals surface area contributed by atoms with Gasteiger partial charge in [-0.1, -0.05) is 35.9 Å². The molecule has 2 N–H and O–H groups in total. The van der Waals surface area contributed by atoms with Crippen molar-refractivity contribution in [3.05, 3.63) is 64.7 Å². The number of nitrogens with two attached hydrogens (primary N) is 1. The van der Waals surface area contributed by atoms with Crippen LogP contribution in [0.4, 0.5) is 5.69 Å². The van der Waals surface area contributed by atoms with Crippen molar-refractivity contribution in [3.8, 4) is 0 Å². The van der Waals surface area contributed by atoms with Gasteiger partial charge in [-0.25, -0.2) is 0 Å². The predicted octanol–water partition coefficient (Wildman–Crippen LogP) is 3.37. The lowest BCUT2D eigenvalue weighted by Gasteiger charge is -2.04. The van der Waals surface area contributed by atoms with Gasteiger partial charge < -0.3 is 5.73 Å². The number of benzene rings is 2. The summed E-state index contributed by atoms with van der Waals surface area (Å²) in [5.74, 6) is 1.06. The molecule has 0 bridgehead atoms. The molecule has 0 heterocycles. The van der Waals surface area contributed by atoms with Crippen molar-refractivity contribution < 1.29 is 4.21 Å². The highest BCUT2D eigenvalue weighted by Gasteiger charge is 2.04. The molecular formula is C14H14ClNOS. The molecule has 94 valence electrons. The summed E-state index contributed by atoms with van der Waals surface area (Å²) in [5, 5.41) is 0.695. The van der Waals surface area contributed by atoms with Crippen LogP contribution in [-0.2, 0) is 22.3 Å². The maximum Gasteiger partial charge on any atom is 0.0489 e. The van der Waals surface area contributed by atoms with E-state index in [4.69, 9.17) is 17.3 Å². The third-order valence-electron chi connectivity index (χ3n) is 2.52. The van der Waals surface area contributed by atoms with Gasteiger partial charge in [0.2, 0.25) is 0 Å². The Balaban J connectivity index is 1.98. The minimum Gasteiger partial charge on any atom is -0.399 e. The maximum atomic E-state index is 12.0. The van der Waals surface area contributed by atoms with Crippen molar-refractivity contribution in [1.82, 2.24) is 0 Å². The fraction of sp³-hybridized carbons (Fsp3) is 0.143. The fourth-order valence-corrected chi connectivity index (χ4v) is 3.03. The summed E-state index contributed by atoms with van der Waals surface area (Å²) in [4.78, 5) is 0. The van der Waals surface area contributed by atoms with E-state index in [0.717, 1.165) is 11.1 Å². The van der Waals surface area contributed by atoms with Crippen LogP contribution >= 0.6 is 11.6 Å². The SMILES string of the molecule is Nc1cccc(CS(=O)Cc2ccc(Cl)cc2)c1. The summed E-state index contributed by atoms with van der Waals surface area (Å²) in [6, 6.07) is 14.9. The Morgan fingerprint density at radius 2 is 1.67 bits per heavy atom. The molecule has 2 aromatic carbocycles. The average Bonchev–Trinajstić information content (AvgIpc) is 2.32. The number of hydrogen-bond acceptors (Lipinski definition) is 2. The van der Waals surface area contributed by atoms with Crippen molar-refractivity contribution in [2.45, 2.75) is 11.5 Å². The second-order valence-corrected chi connectivity index (χ2v) is 5.99. The molecule has 2 nitrogen and oxygen atoms in total. The van der Waals surface area contributed by atoms with E-state index in [1.807, 2.05) is 48.5 Å². The Labute approximate surface area is 114 Å². The predicted molar refractivity (Wildman–Crippen MR) is 77.9 cm³/mol. The smallest absolute Gasteiger partial charge is 0.0489 e. The molecule has 0 amide bonds. The first-order valence-electron chi connectivity index (χ1n) is 5.57. The van der Waals surface area contributed by atoms with Gasteiger partial charge in [-0.3, -0.25) is 4.21 Å². The molecule has 1 atom stereocenters. The number of rotatable bonds is 4. The Morgan fingerprint density at radius 3 is 2.33 bits per heavy atom. The zero-order valence-corrected chi connectivity index (χ0v) is 11.4. The topological polar surface area (TPSA) is 43.1 Å². The molecule has 0 aliphatic heterocycles. The number of anilines is 1. The molecule has 0 aliphatic carbocycles. The summed E-state index contributed by atoms with van der Waals surface area (Å²) >= 11 is 5.81. The van der Waals surface area contributed by atoms with Crippen LogP contribution in [0.2, 0.25) is 5.02 Å². The van der Waals surface area contributed by atoms with Crippen molar-refractivity contribution in [1.29, 1.82) is 0 Å². The zero-order valence-electron chi connectivity index (χ0n) is 9.80. The summed E-state index contributed by atoms with van der Waals surface area (Å²) in [6.07, 6.45) is 0. The van der Waals surface area contributed by atoms with E-state index in [1.54, 1.807) is 0 Å². The van der Waals surface area contributed by atoms with Gasteiger partial charge in [-0.05, 0) is 35.4 Å². The third kappa shape index (κ3) is 3.86. The van der Waals surface area contributed by atoms with Gasteiger partial charge in [-0.15, -0.1) is 0 Å². The van der Waals surface area contributed by atoms with E-state index in [0.29, 0.717) is 22.2 Å². The molecule has 4 heteroatoms. The Morgan fingerprint density at radius 1 is 1.00 bits per heavy atom. The molecule has 0 fully saturated rings. The van der Waals surface area contributed by atoms with Gasteiger partial charge in [0, 0.05) is 33.0 Å². The summed E-state index contributed by atoms with van der Waals surface area (Å²) < 4.78 is 12.0. The van der Waals surface area contributed by atoms with Crippen LogP contribution in [0.25, 0.3) is 0 Å². The molecular weight excluding hydrogens is 266 g/mol. The normalized spacial score (nSPS) is 12.3. The second kappa shape index (κ2) is 6.03. The third-order valence-corrected chi connectivity index (χ3v) is 4.08. The van der Waals surface area contributed by atoms with Gasteiger partial charge in [0.15, 0.2) is 0 Å². The van der Waals surface area contributed by atoms with Crippen molar-refractivity contribution in [2.24, 2.45) is 0 Å². The minimum absolute atomic E-state index is 0.521. The monoisotopic (exact) mass is 279 g/mol. The number of nitrogen functional groups attached to an aromatic ring is 1. The summed E-state index contributed by atoms with van der Waals surface area (Å²) in [5.41, 5.74) is 8.43. The van der Waals surface area contributed by atoms with E-state index < -0.39 is 10.8 Å². The number of halogens is 1. The first-order valence-corrected chi connectivity index (χ1v) is 7.44. The largest absolute Gasteiger partial charge is 0.399 e. The van der Waals surface area contributed by atoms with Crippen LogP contribution in [0, 0.1) is 0 Å². The molecule has 2 rings (SSSR count). The first kappa shape index (κ1) is 13.1. The van der Waals surface area contributed by atoms with E-state index >= 15 is 0 Å². The van der Waals surface area contributed by atoms with Crippen LogP contribution < -0.4 is 5.73 Å². The molecule has 1 unspecified atom stereocenters. The lowest BCUT2D eigenvalue weighted by molar-refractivity contribution is 0.682. The quantitative estimate of drug-likeness (QED) is 0.872. The molecule has 0 radical (unpaired) electrons. The van der Waals surface area contributed by atoms with Gasteiger partial charge in [0.25, 0.3) is 0 Å². The number of hydrogen-bond donors (Lipinski definition) is 1. The highest BCUT2D eigenvalue weighted by molar-refractivity contribution is 7.83. The van der Waals surface area contributed by atoms with Gasteiger partial charge >= 0.3 is 0 Å². The Hall–Kier alpha value is -1.32. The lowest BCUT2D eigenvalue weighted by atomic mass is 10.2. The molecule has 0 aromatic heterocycles. The average molecular weight is 280 g/mol. The van der Waals surface area contributed by atoms with E-state index in [9.17, 15) is 4.21 Å². The Bertz CT molecular complexity index is 554. The Kier molecular flexibility index (Phi) is 4.39. The molecule has 0 aliphatic rings. The van der Waals surface area contributed by atoms with Gasteiger partial charge in [0.1, 0.15) is 0 Å². The lowest BCUT2D eigenvalue weighted by Crippen LogP contribution is -2.00. The van der Waals surface area contributed by atoms with Crippen LogP contribution in [0.5, 0.6) is 0 Å². The van der Waals surface area contributed by atoms with Crippen molar-refractivity contribution >= 4 is 28.1 Å². The summed E-state index contributed by atoms with van der Waals surface area (Å²) in [7, 11) is -0.936. The second-order valence-electron chi connectivity index (χ2n) is 4.10. The zero-order chi connectivity index (χ0) is 13.0. The molecule has 2 aromatic rings. The van der Waals surface area contributed by atoms with Gasteiger partial charge in [0.05, 0.1) is 0 Å². The van der Waals surface area contributed by atoms with E-state index in [-0.39, 0.29) is 0 Å². The molecule has 0 saturated heterocycles. The molecule has 0 saturated carbocycles. The molecule has 18 heavy (non-hydrogen) atoms. The van der Waals surface area contributed by atoms with Crippen LogP contribution in [0.1, 0.15) is 11.1 Å². The minimum atomic E-state index is -0.936. The highest BCUT2D eigenvalue weighted by atomic mass is 35.5. The van der Waals surface area contributed by atoms with Crippen LogP contribution in [0.3, 0.4) is 0 Å². The molecule has 0 spiro atoms. The first-order chi connectivity index (χ1) is 8.63. The van der Waals surface area contributed by atoms with E-state index in [1.165, 1.54) is 0 Å². The maximum absolute atomic E-state index is 12.0.